The Bertz CT molecular complexity index is 826. The first-order chi connectivity index (χ1) is 13.1. The molecule has 0 saturated heterocycles. The highest BCUT2D eigenvalue weighted by molar-refractivity contribution is 6.08. The summed E-state index contributed by atoms with van der Waals surface area (Å²) in [6.45, 7) is 5.37. The van der Waals surface area contributed by atoms with E-state index < -0.39 is 18.2 Å². The minimum Gasteiger partial charge on any atom is -0.419 e. The molecule has 1 aliphatic heterocycles. The van der Waals surface area contributed by atoms with Gasteiger partial charge < -0.3 is 15.0 Å². The van der Waals surface area contributed by atoms with Crippen LogP contribution in [0.1, 0.15) is 34.9 Å². The number of aromatic nitrogens is 3. The Morgan fingerprint density at radius 3 is 2.74 bits per heavy atom. The van der Waals surface area contributed by atoms with Crippen molar-refractivity contribution in [1.82, 2.24) is 25.2 Å². The van der Waals surface area contributed by atoms with Crippen LogP contribution in [0.25, 0.3) is 0 Å². The normalized spacial score (nSPS) is 15.6. The predicted octanol–water partition coefficient (Wildman–Crippen LogP) is 1.52. The standard InChI is InChI=1S/C18H22N6O3/c1-4-23(10-9-19-3)18(26)27-17-15-14(20-7-8-21-15)16(25)24(17)13-6-5-12(2)11-22-13/h5-8,11,17,19H,4,9-10H2,1-3H3/t17-/m0/s1. The van der Waals surface area contributed by atoms with Crippen LogP contribution in [-0.4, -0.2) is 58.5 Å². The fraction of sp³-hybridized carbons (Fsp3) is 0.389. The van der Waals surface area contributed by atoms with Gasteiger partial charge >= 0.3 is 6.09 Å². The molecule has 0 bridgehead atoms. The molecule has 0 aromatic carbocycles. The maximum atomic E-state index is 12.9. The lowest BCUT2D eigenvalue weighted by Gasteiger charge is -2.27. The van der Waals surface area contributed by atoms with E-state index in [1.807, 2.05) is 27.0 Å². The number of nitrogens with one attached hydrogen (secondary N) is 1. The van der Waals surface area contributed by atoms with Crippen molar-refractivity contribution in [3.63, 3.8) is 0 Å². The highest BCUT2D eigenvalue weighted by Gasteiger charge is 2.44. The van der Waals surface area contributed by atoms with Crippen LogP contribution in [0.4, 0.5) is 10.6 Å². The molecule has 0 unspecified atom stereocenters. The van der Waals surface area contributed by atoms with Gasteiger partial charge in [-0.3, -0.25) is 9.78 Å². The van der Waals surface area contributed by atoms with Crippen LogP contribution in [0.3, 0.4) is 0 Å². The van der Waals surface area contributed by atoms with Crippen molar-refractivity contribution in [3.8, 4) is 0 Å². The van der Waals surface area contributed by atoms with Crippen molar-refractivity contribution in [2.24, 2.45) is 0 Å². The number of nitrogens with zero attached hydrogens (tertiary/aromatic N) is 5. The van der Waals surface area contributed by atoms with Crippen molar-refractivity contribution in [2.45, 2.75) is 20.1 Å². The Kier molecular flexibility index (Phi) is 5.60. The summed E-state index contributed by atoms with van der Waals surface area (Å²) < 4.78 is 5.68. The Morgan fingerprint density at radius 2 is 2.07 bits per heavy atom. The number of ether oxygens (including phenoxy) is 1. The van der Waals surface area contributed by atoms with E-state index in [9.17, 15) is 9.59 Å². The van der Waals surface area contributed by atoms with E-state index >= 15 is 0 Å². The first-order valence-electron chi connectivity index (χ1n) is 8.74. The zero-order chi connectivity index (χ0) is 19.4. The maximum Gasteiger partial charge on any atom is 0.412 e. The van der Waals surface area contributed by atoms with Gasteiger partial charge in [0.2, 0.25) is 6.23 Å². The van der Waals surface area contributed by atoms with Gasteiger partial charge in [0.15, 0.2) is 5.69 Å². The molecule has 1 atom stereocenters. The lowest BCUT2D eigenvalue weighted by molar-refractivity contribution is 0.0605. The number of pyridine rings is 1. The number of likely N-dealkylation sites (N-methyl/N-ethyl adjacent to an activating group) is 2. The summed E-state index contributed by atoms with van der Waals surface area (Å²) in [6, 6.07) is 3.54. The molecule has 27 heavy (non-hydrogen) atoms. The molecule has 0 saturated carbocycles. The number of fused-ring (bicyclic) bond motifs is 1. The second-order valence-corrected chi connectivity index (χ2v) is 6.08. The second-order valence-electron chi connectivity index (χ2n) is 6.08. The van der Waals surface area contributed by atoms with E-state index in [1.165, 1.54) is 17.3 Å². The summed E-state index contributed by atoms with van der Waals surface area (Å²) in [4.78, 5) is 41.0. The van der Waals surface area contributed by atoms with E-state index in [4.69, 9.17) is 4.74 Å². The Balaban J connectivity index is 1.92. The third-order valence-corrected chi connectivity index (χ3v) is 4.24. The van der Waals surface area contributed by atoms with Crippen LogP contribution in [-0.2, 0) is 4.74 Å². The molecule has 1 aliphatic rings. The summed E-state index contributed by atoms with van der Waals surface area (Å²) in [6.07, 6.45) is 3.02. The lowest BCUT2D eigenvalue weighted by atomic mass is 10.3. The van der Waals surface area contributed by atoms with Gasteiger partial charge in [-0.25, -0.2) is 19.7 Å². The molecule has 3 rings (SSSR count). The number of hydrogen-bond acceptors (Lipinski definition) is 7. The first-order valence-corrected chi connectivity index (χ1v) is 8.74. The van der Waals surface area contributed by atoms with Crippen molar-refractivity contribution in [3.05, 3.63) is 47.7 Å². The maximum absolute atomic E-state index is 12.9. The molecular weight excluding hydrogens is 348 g/mol. The zero-order valence-corrected chi connectivity index (χ0v) is 15.5. The largest absolute Gasteiger partial charge is 0.419 e. The van der Waals surface area contributed by atoms with Gasteiger partial charge in [0.1, 0.15) is 11.5 Å². The summed E-state index contributed by atoms with van der Waals surface area (Å²) in [5, 5.41) is 3.00. The van der Waals surface area contributed by atoms with E-state index in [1.54, 1.807) is 17.2 Å². The van der Waals surface area contributed by atoms with E-state index in [-0.39, 0.29) is 5.69 Å². The number of carbonyl (C=O) groups excluding carboxylic acids is 2. The van der Waals surface area contributed by atoms with Gasteiger partial charge in [0.05, 0.1) is 0 Å². The number of amides is 2. The third kappa shape index (κ3) is 3.72. The van der Waals surface area contributed by atoms with Crippen molar-refractivity contribution in [1.29, 1.82) is 0 Å². The molecule has 2 amide bonds. The predicted molar refractivity (Wildman–Crippen MR) is 98.2 cm³/mol. The van der Waals surface area contributed by atoms with Crippen molar-refractivity contribution in [2.75, 3.05) is 31.6 Å². The molecule has 0 spiro atoms. The minimum atomic E-state index is -1.01. The summed E-state index contributed by atoms with van der Waals surface area (Å²) in [7, 11) is 1.81. The van der Waals surface area contributed by atoms with Crippen LogP contribution in [0, 0.1) is 6.92 Å². The molecule has 0 fully saturated rings. The molecule has 142 valence electrons. The molecule has 2 aromatic rings. The smallest absolute Gasteiger partial charge is 0.412 e. The molecule has 3 heterocycles. The van der Waals surface area contributed by atoms with Crippen LogP contribution in [0.2, 0.25) is 0 Å². The second kappa shape index (κ2) is 8.09. The van der Waals surface area contributed by atoms with E-state index in [0.717, 1.165) is 5.56 Å². The van der Waals surface area contributed by atoms with Gasteiger partial charge in [-0.2, -0.15) is 0 Å². The minimum absolute atomic E-state index is 0.163. The van der Waals surface area contributed by atoms with Gasteiger partial charge in [0.25, 0.3) is 5.91 Å². The fourth-order valence-electron chi connectivity index (χ4n) is 2.77. The molecule has 9 nitrogen and oxygen atoms in total. The van der Waals surface area contributed by atoms with Crippen molar-refractivity contribution >= 4 is 17.8 Å². The number of aryl methyl sites for hydroxylation is 1. The quantitative estimate of drug-likeness (QED) is 0.823. The van der Waals surface area contributed by atoms with Crippen LogP contribution in [0.15, 0.2) is 30.7 Å². The fourth-order valence-corrected chi connectivity index (χ4v) is 2.77. The average molecular weight is 370 g/mol. The highest BCUT2D eigenvalue weighted by atomic mass is 16.6. The Hall–Kier alpha value is -3.07. The summed E-state index contributed by atoms with van der Waals surface area (Å²) in [5.74, 6) is -0.0213. The Labute approximate surface area is 157 Å². The highest BCUT2D eigenvalue weighted by Crippen LogP contribution is 2.35. The monoisotopic (exact) mass is 370 g/mol. The first kappa shape index (κ1) is 18.7. The zero-order valence-electron chi connectivity index (χ0n) is 15.5. The summed E-state index contributed by atoms with van der Waals surface area (Å²) >= 11 is 0. The van der Waals surface area contributed by atoms with Crippen LogP contribution in [0.5, 0.6) is 0 Å². The average Bonchev–Trinajstić information content (AvgIpc) is 2.95. The molecule has 1 N–H and O–H groups in total. The number of hydrogen-bond donors (Lipinski definition) is 1. The van der Waals surface area contributed by atoms with Crippen LogP contribution >= 0.6 is 0 Å². The van der Waals surface area contributed by atoms with Gasteiger partial charge in [0, 0.05) is 38.2 Å². The molecule has 2 aromatic heterocycles. The van der Waals surface area contributed by atoms with Crippen LogP contribution < -0.4 is 10.2 Å². The van der Waals surface area contributed by atoms with E-state index in [2.05, 4.69) is 20.3 Å². The molecule has 9 heteroatoms. The number of rotatable bonds is 6. The summed E-state index contributed by atoms with van der Waals surface area (Å²) in [5.41, 5.74) is 1.43. The number of anilines is 1. The molecule has 0 aliphatic carbocycles. The Morgan fingerprint density at radius 1 is 1.30 bits per heavy atom. The van der Waals surface area contributed by atoms with Gasteiger partial charge in [-0.1, -0.05) is 6.07 Å². The lowest BCUT2D eigenvalue weighted by Crippen LogP contribution is -2.39. The molecular formula is C18H22N6O3. The third-order valence-electron chi connectivity index (χ3n) is 4.24. The van der Waals surface area contributed by atoms with Crippen molar-refractivity contribution < 1.29 is 14.3 Å². The molecule has 0 radical (unpaired) electrons. The van der Waals surface area contributed by atoms with Gasteiger partial charge in [-0.15, -0.1) is 0 Å². The number of carbonyl (C=O) groups is 2. The SMILES string of the molecule is CCN(CCNC)C(=O)O[C@H]1c2nccnc2C(=O)N1c1ccc(C)cn1. The topological polar surface area (TPSA) is 101 Å². The van der Waals surface area contributed by atoms with E-state index in [0.29, 0.717) is 31.1 Å². The van der Waals surface area contributed by atoms with Gasteiger partial charge in [-0.05, 0) is 32.5 Å².